The molecule has 0 aliphatic carbocycles. The van der Waals surface area contributed by atoms with Gasteiger partial charge in [0.15, 0.2) is 5.76 Å². The van der Waals surface area contributed by atoms with Gasteiger partial charge in [-0.1, -0.05) is 68.4 Å². The molecule has 0 saturated carbocycles. The third kappa shape index (κ3) is 5.18. The van der Waals surface area contributed by atoms with Crippen LogP contribution in [-0.4, -0.2) is 25.0 Å². The van der Waals surface area contributed by atoms with Crippen LogP contribution in [0.2, 0.25) is 0 Å². The fraction of sp³-hybridized carbons (Fsp3) is 0.243. The molecular weight excluding hydrogens is 540 g/mol. The Labute approximate surface area is 250 Å². The minimum absolute atomic E-state index is 0.113. The van der Waals surface area contributed by atoms with E-state index in [0.29, 0.717) is 40.9 Å². The van der Waals surface area contributed by atoms with E-state index in [4.69, 9.17) is 18.9 Å². The third-order valence-electron chi connectivity index (χ3n) is 8.38. The lowest BCUT2D eigenvalue weighted by Gasteiger charge is -2.27. The van der Waals surface area contributed by atoms with Crippen LogP contribution in [0.5, 0.6) is 23.0 Å². The number of carbonyl (C=O) groups is 2. The minimum atomic E-state index is -0.392. The number of allylic oxidation sites excluding steroid dienone is 1. The number of esters is 1. The van der Waals surface area contributed by atoms with E-state index < -0.39 is 5.92 Å². The van der Waals surface area contributed by atoms with Gasteiger partial charge in [0.2, 0.25) is 5.78 Å². The van der Waals surface area contributed by atoms with E-state index in [0.717, 1.165) is 36.3 Å². The van der Waals surface area contributed by atoms with Gasteiger partial charge in [-0.3, -0.25) is 9.59 Å². The summed E-state index contributed by atoms with van der Waals surface area (Å²) in [4.78, 5) is 26.2. The summed E-state index contributed by atoms with van der Waals surface area (Å²) in [6.07, 6.45) is 3.55. The highest BCUT2D eigenvalue weighted by Crippen LogP contribution is 2.50. The molecule has 0 bridgehead atoms. The number of hydrogen-bond donors (Lipinski definition) is 0. The summed E-state index contributed by atoms with van der Waals surface area (Å²) in [5.41, 5.74) is 6.55. The Hall–Kier alpha value is -4.84. The normalized spacial score (nSPS) is 17.7. The molecule has 0 radical (unpaired) electrons. The molecule has 0 saturated heterocycles. The fourth-order valence-electron chi connectivity index (χ4n) is 6.07. The fourth-order valence-corrected chi connectivity index (χ4v) is 6.07. The molecule has 6 heteroatoms. The van der Waals surface area contributed by atoms with Gasteiger partial charge in [0.25, 0.3) is 0 Å². The lowest BCUT2D eigenvalue weighted by atomic mass is 9.84. The molecule has 0 spiro atoms. The third-order valence-corrected chi connectivity index (χ3v) is 8.38. The van der Waals surface area contributed by atoms with E-state index in [1.54, 1.807) is 18.2 Å². The van der Waals surface area contributed by atoms with Crippen molar-refractivity contribution >= 4 is 17.8 Å². The maximum Gasteiger partial charge on any atom is 0.312 e. The number of hydrogen-bond acceptors (Lipinski definition) is 6. The molecule has 0 amide bonds. The molecule has 3 heterocycles. The van der Waals surface area contributed by atoms with Crippen molar-refractivity contribution in [1.29, 1.82) is 0 Å². The van der Waals surface area contributed by atoms with E-state index >= 15 is 0 Å². The predicted molar refractivity (Wildman–Crippen MR) is 163 cm³/mol. The van der Waals surface area contributed by atoms with E-state index in [2.05, 4.69) is 38.1 Å². The summed E-state index contributed by atoms with van der Waals surface area (Å²) in [6.45, 7) is 5.50. The Bertz CT molecular complexity index is 1760. The average molecular weight is 573 g/mol. The van der Waals surface area contributed by atoms with Crippen LogP contribution in [-0.2, 0) is 17.6 Å². The molecule has 1 atom stereocenters. The van der Waals surface area contributed by atoms with Crippen molar-refractivity contribution in [2.75, 3.05) is 13.2 Å². The van der Waals surface area contributed by atoms with Gasteiger partial charge >= 0.3 is 5.97 Å². The lowest BCUT2D eigenvalue weighted by Crippen LogP contribution is -2.22. The van der Waals surface area contributed by atoms with E-state index in [-0.39, 0.29) is 23.9 Å². The quantitative estimate of drug-likeness (QED) is 0.130. The van der Waals surface area contributed by atoms with Crippen LogP contribution in [0.25, 0.3) is 6.08 Å². The zero-order chi connectivity index (χ0) is 29.5. The number of fused-ring (bicyclic) bond motifs is 4. The van der Waals surface area contributed by atoms with Crippen molar-refractivity contribution in [1.82, 2.24) is 0 Å². The summed E-state index contributed by atoms with van der Waals surface area (Å²) in [5.74, 6) is 2.27. The van der Waals surface area contributed by atoms with Crippen molar-refractivity contribution in [2.45, 2.75) is 44.9 Å². The van der Waals surface area contributed by atoms with Gasteiger partial charge < -0.3 is 18.9 Å². The Kier molecular flexibility index (Phi) is 6.98. The molecule has 7 rings (SSSR count). The van der Waals surface area contributed by atoms with Crippen LogP contribution >= 0.6 is 0 Å². The highest BCUT2D eigenvalue weighted by Gasteiger charge is 2.39. The monoisotopic (exact) mass is 572 g/mol. The maximum absolute atomic E-state index is 13.4. The topological polar surface area (TPSA) is 71.1 Å². The molecule has 216 valence electrons. The molecule has 3 aliphatic heterocycles. The van der Waals surface area contributed by atoms with Crippen LogP contribution < -0.4 is 18.9 Å². The summed E-state index contributed by atoms with van der Waals surface area (Å²) < 4.78 is 23.9. The van der Waals surface area contributed by atoms with Crippen LogP contribution in [0.3, 0.4) is 0 Å². The van der Waals surface area contributed by atoms with Crippen LogP contribution in [0, 0.1) is 0 Å². The summed E-state index contributed by atoms with van der Waals surface area (Å²) in [7, 11) is 0. The van der Waals surface area contributed by atoms with Gasteiger partial charge in [-0.25, -0.2) is 0 Å². The van der Waals surface area contributed by atoms with Gasteiger partial charge in [0.1, 0.15) is 23.0 Å². The van der Waals surface area contributed by atoms with Gasteiger partial charge in [-0.05, 0) is 58.5 Å². The molecule has 3 aliphatic rings. The standard InChI is InChI=1S/C37H32O6/c1-22(2)25-10-7-23(8-11-25)20-33-36(39)28-12-14-32-35(37(28)43-33)29(21-34(38)42-32)27-5-3-4-6-31(27)41-17-15-24-9-13-30-26(19-24)16-18-40-30/h3-14,19-20,22,29H,15-18,21H2,1-2H3/b33-20-/t29-/m0/s1. The van der Waals surface area contributed by atoms with Crippen molar-refractivity contribution in [3.63, 3.8) is 0 Å². The van der Waals surface area contributed by atoms with Gasteiger partial charge in [0.05, 0.1) is 25.2 Å². The summed E-state index contributed by atoms with van der Waals surface area (Å²) in [5, 5.41) is 0. The van der Waals surface area contributed by atoms with E-state index in [1.165, 1.54) is 16.7 Å². The van der Waals surface area contributed by atoms with Crippen molar-refractivity contribution in [2.24, 2.45) is 0 Å². The predicted octanol–water partition coefficient (Wildman–Crippen LogP) is 7.42. The zero-order valence-corrected chi connectivity index (χ0v) is 24.2. The molecule has 6 nitrogen and oxygen atoms in total. The van der Waals surface area contributed by atoms with Gasteiger partial charge in [-0.15, -0.1) is 0 Å². The number of para-hydroxylation sites is 1. The first-order valence-corrected chi connectivity index (χ1v) is 14.8. The number of Topliss-reactive ketones (excluding diaryl/α,β-unsaturated/α-hetero) is 1. The zero-order valence-electron chi connectivity index (χ0n) is 24.2. The first kappa shape index (κ1) is 27.0. The number of rotatable bonds is 7. The molecule has 0 fully saturated rings. The first-order chi connectivity index (χ1) is 20.9. The van der Waals surface area contributed by atoms with Crippen LogP contribution in [0.15, 0.2) is 84.6 Å². The minimum Gasteiger partial charge on any atom is -0.493 e. The van der Waals surface area contributed by atoms with Gasteiger partial charge in [0, 0.05) is 29.9 Å². The largest absolute Gasteiger partial charge is 0.493 e. The van der Waals surface area contributed by atoms with Crippen molar-refractivity contribution in [3.05, 3.63) is 124 Å². The maximum atomic E-state index is 13.4. The van der Waals surface area contributed by atoms with Crippen LogP contribution in [0.4, 0.5) is 0 Å². The Morgan fingerprint density at radius 1 is 0.930 bits per heavy atom. The number of benzene rings is 4. The SMILES string of the molecule is CC(C)c1ccc(/C=C2\Oc3c(ccc4c3[C@H](c3ccccc3OCCc3ccc5c(c3)CCO5)CC(=O)O4)C2=O)cc1. The Morgan fingerprint density at radius 3 is 2.58 bits per heavy atom. The molecule has 0 aromatic heterocycles. The van der Waals surface area contributed by atoms with Crippen molar-refractivity contribution < 1.29 is 28.5 Å². The highest BCUT2D eigenvalue weighted by atomic mass is 16.5. The Morgan fingerprint density at radius 2 is 1.74 bits per heavy atom. The van der Waals surface area contributed by atoms with E-state index in [1.807, 2.05) is 42.5 Å². The molecule has 0 unspecified atom stereocenters. The Balaban J connectivity index is 1.17. The van der Waals surface area contributed by atoms with Crippen LogP contribution in [0.1, 0.15) is 75.8 Å². The second kappa shape index (κ2) is 11.1. The number of carbonyl (C=O) groups excluding carboxylic acids is 2. The summed E-state index contributed by atoms with van der Waals surface area (Å²) in [6, 6.07) is 25.5. The lowest BCUT2D eigenvalue weighted by molar-refractivity contribution is -0.135. The highest BCUT2D eigenvalue weighted by molar-refractivity contribution is 6.15. The number of ether oxygens (including phenoxy) is 4. The van der Waals surface area contributed by atoms with Gasteiger partial charge in [-0.2, -0.15) is 0 Å². The number of ketones is 1. The molecule has 43 heavy (non-hydrogen) atoms. The van der Waals surface area contributed by atoms with E-state index in [9.17, 15) is 9.59 Å². The molecular formula is C37H32O6. The molecule has 4 aromatic carbocycles. The smallest absolute Gasteiger partial charge is 0.312 e. The van der Waals surface area contributed by atoms with Crippen molar-refractivity contribution in [3.8, 4) is 23.0 Å². The second-order valence-electron chi connectivity index (χ2n) is 11.5. The first-order valence-electron chi connectivity index (χ1n) is 14.8. The molecule has 4 aromatic rings. The molecule has 0 N–H and O–H groups in total. The summed E-state index contributed by atoms with van der Waals surface area (Å²) >= 11 is 0. The average Bonchev–Trinajstić information content (AvgIpc) is 3.61. The second-order valence-corrected chi connectivity index (χ2v) is 11.5.